The normalized spacial score (nSPS) is 16.6. The van der Waals surface area contributed by atoms with Crippen molar-refractivity contribution in [3.8, 4) is 17.9 Å². The molecular formula is C32H41N7O3. The van der Waals surface area contributed by atoms with Crippen LogP contribution in [0.3, 0.4) is 0 Å². The summed E-state index contributed by atoms with van der Waals surface area (Å²) in [6, 6.07) is 8.71. The van der Waals surface area contributed by atoms with E-state index in [4.69, 9.17) is 10.00 Å². The average Bonchev–Trinajstić information content (AvgIpc) is 2.96. The van der Waals surface area contributed by atoms with Gasteiger partial charge in [0.25, 0.3) is 0 Å². The molecule has 1 atom stereocenters. The molecule has 2 aromatic rings. The molecule has 0 spiro atoms. The lowest BCUT2D eigenvalue weighted by Gasteiger charge is -2.33. The Kier molecular flexibility index (Phi) is 12.5. The zero-order chi connectivity index (χ0) is 30.5. The molecule has 0 saturated heterocycles. The van der Waals surface area contributed by atoms with Crippen LogP contribution in [-0.2, 0) is 14.3 Å². The van der Waals surface area contributed by atoms with Crippen molar-refractivity contribution in [3.63, 3.8) is 0 Å². The second kappa shape index (κ2) is 16.3. The van der Waals surface area contributed by atoms with E-state index < -0.39 is 6.04 Å². The van der Waals surface area contributed by atoms with E-state index in [2.05, 4.69) is 38.5 Å². The zero-order valence-corrected chi connectivity index (χ0v) is 25.2. The summed E-state index contributed by atoms with van der Waals surface area (Å²) >= 11 is 0. The van der Waals surface area contributed by atoms with Gasteiger partial charge >= 0.3 is 0 Å². The van der Waals surface area contributed by atoms with Crippen LogP contribution in [0.15, 0.2) is 42.6 Å². The number of methoxy groups -OCH3 is 1. The van der Waals surface area contributed by atoms with Crippen LogP contribution in [0.5, 0.6) is 0 Å². The van der Waals surface area contributed by atoms with E-state index >= 15 is 0 Å². The first kappa shape index (κ1) is 32.3. The molecule has 0 radical (unpaired) electrons. The van der Waals surface area contributed by atoms with Crippen molar-refractivity contribution >= 4 is 29.1 Å². The van der Waals surface area contributed by atoms with Crippen LogP contribution in [0.25, 0.3) is 0 Å². The van der Waals surface area contributed by atoms with Gasteiger partial charge in [0.05, 0.1) is 29.4 Å². The molecule has 1 aliphatic rings. The number of ketones is 1. The van der Waals surface area contributed by atoms with Crippen LogP contribution in [0, 0.1) is 35.0 Å². The third-order valence-electron chi connectivity index (χ3n) is 7.14. The van der Waals surface area contributed by atoms with Gasteiger partial charge in [0.15, 0.2) is 5.78 Å². The van der Waals surface area contributed by atoms with Crippen molar-refractivity contribution < 1.29 is 14.3 Å². The van der Waals surface area contributed by atoms with Crippen molar-refractivity contribution in [2.75, 3.05) is 58.6 Å². The largest absolute Gasteiger partial charge is 0.385 e. The van der Waals surface area contributed by atoms with Gasteiger partial charge in [0, 0.05) is 58.0 Å². The Hall–Kier alpha value is -4.25. The highest BCUT2D eigenvalue weighted by atomic mass is 16.5. The maximum absolute atomic E-state index is 12.8. The fourth-order valence-electron chi connectivity index (χ4n) is 4.39. The lowest BCUT2D eigenvalue weighted by atomic mass is 9.72. The Morgan fingerprint density at radius 1 is 1.21 bits per heavy atom. The van der Waals surface area contributed by atoms with E-state index in [1.807, 2.05) is 19.0 Å². The van der Waals surface area contributed by atoms with Crippen LogP contribution < -0.4 is 10.6 Å². The zero-order valence-electron chi connectivity index (χ0n) is 25.2. The number of Topliss-reactive ketones (excluding diaryl/α,β-unsaturated/α-hetero) is 1. The summed E-state index contributed by atoms with van der Waals surface area (Å²) in [5.41, 5.74) is 2.06. The van der Waals surface area contributed by atoms with Gasteiger partial charge in [-0.1, -0.05) is 17.9 Å². The Balaban J connectivity index is 1.57. The molecule has 42 heavy (non-hydrogen) atoms. The topological polar surface area (TPSA) is 123 Å². The number of aromatic nitrogens is 2. The van der Waals surface area contributed by atoms with E-state index in [0.29, 0.717) is 49.0 Å². The third-order valence-corrected chi connectivity index (χ3v) is 7.14. The number of ether oxygens (including phenoxy) is 1. The van der Waals surface area contributed by atoms with Gasteiger partial charge in [-0.3, -0.25) is 9.59 Å². The molecule has 1 aromatic carbocycles. The Labute approximate surface area is 249 Å². The van der Waals surface area contributed by atoms with E-state index in [1.54, 1.807) is 57.6 Å². The lowest BCUT2D eigenvalue weighted by molar-refractivity contribution is -0.134. The average molecular weight is 572 g/mol. The lowest BCUT2D eigenvalue weighted by Crippen LogP contribution is -2.41. The molecule has 0 bridgehead atoms. The highest BCUT2D eigenvalue weighted by molar-refractivity contribution is 5.93. The number of nitriles is 1. The van der Waals surface area contributed by atoms with Crippen LogP contribution in [0.4, 0.5) is 17.5 Å². The first-order chi connectivity index (χ1) is 20.2. The summed E-state index contributed by atoms with van der Waals surface area (Å²) in [6.45, 7) is 3.76. The minimum Gasteiger partial charge on any atom is -0.385 e. The Morgan fingerprint density at radius 2 is 1.95 bits per heavy atom. The summed E-state index contributed by atoms with van der Waals surface area (Å²) in [4.78, 5) is 37.8. The second-order valence-corrected chi connectivity index (χ2v) is 10.8. The minimum atomic E-state index is -0.466. The Morgan fingerprint density at radius 3 is 2.62 bits per heavy atom. The molecule has 1 amide bonds. The van der Waals surface area contributed by atoms with Crippen LogP contribution in [0.2, 0.25) is 0 Å². The molecule has 3 rings (SSSR count). The quantitative estimate of drug-likeness (QED) is 0.198. The number of anilines is 3. The SMILES string of the molecule is COCCCNc1nc(Nc2ccc(C#N)cc2)ncc1C#CC1CC(CC(=O)[C@H](C)N(C)C(=O)/C=C/CN(C)C)C1. The summed E-state index contributed by atoms with van der Waals surface area (Å²) < 4.78 is 5.15. The Bertz CT molecular complexity index is 1330. The fourth-order valence-corrected chi connectivity index (χ4v) is 4.39. The van der Waals surface area contributed by atoms with Crippen molar-refractivity contribution in [3.05, 3.63) is 53.7 Å². The van der Waals surface area contributed by atoms with Crippen molar-refractivity contribution in [2.45, 2.75) is 38.6 Å². The van der Waals surface area contributed by atoms with Crippen LogP contribution in [-0.4, -0.2) is 85.4 Å². The highest BCUT2D eigenvalue weighted by Gasteiger charge is 2.32. The van der Waals surface area contributed by atoms with Crippen molar-refractivity contribution in [2.24, 2.45) is 11.8 Å². The third kappa shape index (κ3) is 9.99. The van der Waals surface area contributed by atoms with Gasteiger partial charge in [-0.25, -0.2) is 4.98 Å². The summed E-state index contributed by atoms with van der Waals surface area (Å²) in [7, 11) is 7.21. The number of nitrogens with one attached hydrogen (secondary N) is 2. The smallest absolute Gasteiger partial charge is 0.246 e. The van der Waals surface area contributed by atoms with Gasteiger partial charge in [0.2, 0.25) is 11.9 Å². The number of carbonyl (C=O) groups is 2. The molecule has 1 aromatic heterocycles. The molecule has 1 aliphatic carbocycles. The van der Waals surface area contributed by atoms with E-state index in [1.165, 1.54) is 11.0 Å². The number of hydrogen-bond acceptors (Lipinski definition) is 9. The summed E-state index contributed by atoms with van der Waals surface area (Å²) in [5, 5.41) is 15.5. The monoisotopic (exact) mass is 571 g/mol. The molecule has 1 saturated carbocycles. The molecule has 222 valence electrons. The maximum Gasteiger partial charge on any atom is 0.246 e. The first-order valence-corrected chi connectivity index (χ1v) is 14.2. The highest BCUT2D eigenvalue weighted by Crippen LogP contribution is 2.36. The number of carbonyl (C=O) groups excluding carboxylic acids is 2. The van der Waals surface area contributed by atoms with Gasteiger partial charge in [-0.2, -0.15) is 10.2 Å². The van der Waals surface area contributed by atoms with Gasteiger partial charge in [-0.05, 0) is 70.5 Å². The number of rotatable bonds is 14. The van der Waals surface area contributed by atoms with E-state index in [-0.39, 0.29) is 23.5 Å². The molecule has 2 N–H and O–H groups in total. The van der Waals surface area contributed by atoms with Gasteiger partial charge in [-0.15, -0.1) is 0 Å². The molecule has 10 heteroatoms. The van der Waals surface area contributed by atoms with Crippen LogP contribution >= 0.6 is 0 Å². The van der Waals surface area contributed by atoms with E-state index in [9.17, 15) is 9.59 Å². The first-order valence-electron chi connectivity index (χ1n) is 14.2. The molecule has 1 fully saturated rings. The molecule has 0 unspecified atom stereocenters. The molecule has 10 nitrogen and oxygen atoms in total. The number of likely N-dealkylation sites (N-methyl/N-ethyl adjacent to an activating group) is 2. The number of hydrogen-bond donors (Lipinski definition) is 2. The summed E-state index contributed by atoms with van der Waals surface area (Å²) in [5.74, 6) is 8.01. The van der Waals surface area contributed by atoms with Gasteiger partial charge in [0.1, 0.15) is 5.82 Å². The second-order valence-electron chi connectivity index (χ2n) is 10.8. The maximum atomic E-state index is 12.8. The molecule has 1 heterocycles. The van der Waals surface area contributed by atoms with Crippen molar-refractivity contribution in [1.29, 1.82) is 5.26 Å². The number of nitrogens with zero attached hydrogens (tertiary/aromatic N) is 5. The predicted molar refractivity (Wildman–Crippen MR) is 164 cm³/mol. The molecule has 0 aliphatic heterocycles. The molecular weight excluding hydrogens is 530 g/mol. The minimum absolute atomic E-state index is 0.0737. The van der Waals surface area contributed by atoms with Gasteiger partial charge < -0.3 is 25.2 Å². The van der Waals surface area contributed by atoms with Crippen molar-refractivity contribution in [1.82, 2.24) is 19.8 Å². The standard InChI is InChI=1S/C32H41N7O3/c1-23(39(4)30(41)8-6-16-38(2)3)29(40)20-26-18-25(19-26)9-12-27-22-35-32(37-31(27)34-15-7-17-42-5)36-28-13-10-24(21-33)11-14-28/h6,8,10-11,13-14,22-23,25-26H,7,15-20H2,1-5H3,(H2,34,35,36,37)/b8-6+/t23-,25?,26?/m0/s1. The van der Waals surface area contributed by atoms with Crippen LogP contribution in [0.1, 0.15) is 43.7 Å². The summed E-state index contributed by atoms with van der Waals surface area (Å²) in [6.07, 6.45) is 7.99. The predicted octanol–water partition coefficient (Wildman–Crippen LogP) is 3.84. The fraction of sp³-hybridized carbons (Fsp3) is 0.469. The van der Waals surface area contributed by atoms with E-state index in [0.717, 1.165) is 24.9 Å². The number of amides is 1. The number of benzene rings is 1.